The molecule has 2 aromatic rings. The van der Waals surface area contributed by atoms with E-state index in [4.69, 9.17) is 4.74 Å². The fourth-order valence-corrected chi connectivity index (χ4v) is 2.68. The van der Waals surface area contributed by atoms with Crippen molar-refractivity contribution in [3.63, 3.8) is 0 Å². The Balaban J connectivity index is 2.13. The van der Waals surface area contributed by atoms with E-state index in [9.17, 15) is 24.2 Å². The van der Waals surface area contributed by atoms with Crippen LogP contribution in [-0.4, -0.2) is 5.97 Å². The molecule has 0 saturated carbocycles. The van der Waals surface area contributed by atoms with E-state index in [1.54, 1.807) is 12.1 Å². The SMILES string of the molecule is CCCc1ccc(C(=O)Oc2ccc(S(F)(F)(F)(F)F)cc2)cc1. The Kier molecular flexibility index (Phi) is 4.16. The van der Waals surface area contributed by atoms with Gasteiger partial charge in [-0.3, -0.25) is 0 Å². The van der Waals surface area contributed by atoms with Crippen molar-refractivity contribution in [3.8, 4) is 5.75 Å². The molecule has 0 atom stereocenters. The number of esters is 1. The lowest BCUT2D eigenvalue weighted by molar-refractivity contribution is 0.0734. The highest BCUT2D eigenvalue weighted by atomic mass is 32.5. The Morgan fingerprint density at radius 3 is 1.92 bits per heavy atom. The first-order valence-electron chi connectivity index (χ1n) is 7.04. The lowest BCUT2D eigenvalue weighted by Gasteiger charge is -2.40. The number of hydrogen-bond donors (Lipinski definition) is 0. The van der Waals surface area contributed by atoms with Gasteiger partial charge in [0.2, 0.25) is 0 Å². The monoisotopic (exact) mass is 366 g/mol. The molecule has 0 fully saturated rings. The number of ether oxygens (including phenoxy) is 1. The molecule has 2 nitrogen and oxygen atoms in total. The van der Waals surface area contributed by atoms with Gasteiger partial charge in [-0.05, 0) is 48.4 Å². The number of halogens is 5. The Hall–Kier alpha value is -2.09. The Labute approximate surface area is 136 Å². The average molecular weight is 366 g/mol. The summed E-state index contributed by atoms with van der Waals surface area (Å²) in [6.07, 6.45) is 1.80. The summed E-state index contributed by atoms with van der Waals surface area (Å²) in [5, 5.41) is 0. The van der Waals surface area contributed by atoms with Crippen LogP contribution in [0.25, 0.3) is 0 Å². The molecule has 24 heavy (non-hydrogen) atoms. The molecule has 0 amide bonds. The maximum absolute atomic E-state index is 12.6. The van der Waals surface area contributed by atoms with Crippen molar-refractivity contribution in [2.24, 2.45) is 0 Å². The summed E-state index contributed by atoms with van der Waals surface area (Å²) in [6.45, 7) is 2.01. The smallest absolute Gasteiger partial charge is 0.343 e. The third-order valence-corrected chi connectivity index (χ3v) is 4.37. The van der Waals surface area contributed by atoms with Gasteiger partial charge in [-0.25, -0.2) is 4.79 Å². The highest BCUT2D eigenvalue weighted by Crippen LogP contribution is 3.02. The van der Waals surface area contributed by atoms with E-state index in [1.165, 1.54) is 12.1 Å². The molecule has 2 rings (SSSR count). The second kappa shape index (κ2) is 5.47. The van der Waals surface area contributed by atoms with E-state index >= 15 is 0 Å². The van der Waals surface area contributed by atoms with Crippen LogP contribution < -0.4 is 4.74 Å². The van der Waals surface area contributed by atoms with Crippen LogP contribution in [0.3, 0.4) is 0 Å². The largest absolute Gasteiger partial charge is 0.423 e. The molecule has 0 aliphatic carbocycles. The minimum atomic E-state index is -9.72. The maximum Gasteiger partial charge on any atom is 0.343 e. The molecule has 0 radical (unpaired) electrons. The van der Waals surface area contributed by atoms with Gasteiger partial charge in [0.05, 0.1) is 5.56 Å². The van der Waals surface area contributed by atoms with Crippen LogP contribution >= 0.6 is 10.2 Å². The van der Waals surface area contributed by atoms with Crippen molar-refractivity contribution in [2.75, 3.05) is 0 Å². The van der Waals surface area contributed by atoms with Gasteiger partial charge in [-0.1, -0.05) is 44.9 Å². The number of carbonyl (C=O) groups excluding carboxylic acids is 1. The molecule has 0 aliphatic rings. The van der Waals surface area contributed by atoms with Crippen LogP contribution in [0.2, 0.25) is 0 Å². The number of carbonyl (C=O) groups is 1. The van der Waals surface area contributed by atoms with Gasteiger partial charge in [-0.15, -0.1) is 0 Å². The van der Waals surface area contributed by atoms with Gasteiger partial charge in [0.15, 0.2) is 0 Å². The second-order valence-corrected chi connectivity index (χ2v) is 7.69. The lowest BCUT2D eigenvalue weighted by Crippen LogP contribution is -2.09. The first kappa shape index (κ1) is 18.3. The quantitative estimate of drug-likeness (QED) is 0.342. The molecule has 8 heteroatoms. The van der Waals surface area contributed by atoms with Crippen LogP contribution in [0.15, 0.2) is 53.4 Å². The van der Waals surface area contributed by atoms with E-state index < -0.39 is 21.1 Å². The molecular weight excluding hydrogens is 351 g/mol. The van der Waals surface area contributed by atoms with E-state index in [0.29, 0.717) is 12.1 Å². The van der Waals surface area contributed by atoms with Gasteiger partial charge < -0.3 is 4.74 Å². The van der Waals surface area contributed by atoms with Crippen molar-refractivity contribution < 1.29 is 29.0 Å². The van der Waals surface area contributed by atoms with Crippen molar-refractivity contribution in [1.82, 2.24) is 0 Å². The summed E-state index contributed by atoms with van der Waals surface area (Å²) in [5.74, 6) is -1.03. The summed E-state index contributed by atoms with van der Waals surface area (Å²) in [4.78, 5) is 9.88. The van der Waals surface area contributed by atoms with Crippen LogP contribution in [0.4, 0.5) is 19.4 Å². The molecule has 0 N–H and O–H groups in total. The van der Waals surface area contributed by atoms with Gasteiger partial charge in [0.25, 0.3) is 0 Å². The molecule has 2 aromatic carbocycles. The maximum atomic E-state index is 12.6. The van der Waals surface area contributed by atoms with E-state index in [1.807, 2.05) is 6.92 Å². The van der Waals surface area contributed by atoms with E-state index in [2.05, 4.69) is 0 Å². The Bertz CT molecular complexity index is 737. The fraction of sp³-hybridized carbons (Fsp3) is 0.188. The minimum Gasteiger partial charge on any atom is -0.423 e. The van der Waals surface area contributed by atoms with Crippen LogP contribution in [0.5, 0.6) is 5.75 Å². The number of hydrogen-bond acceptors (Lipinski definition) is 2. The Morgan fingerprint density at radius 2 is 1.46 bits per heavy atom. The highest BCUT2D eigenvalue weighted by Gasteiger charge is 2.65. The summed E-state index contributed by atoms with van der Waals surface area (Å²) < 4.78 is 67.9. The molecule has 0 spiro atoms. The topological polar surface area (TPSA) is 26.3 Å². The summed E-state index contributed by atoms with van der Waals surface area (Å²) in [6, 6.07) is 8.36. The van der Waals surface area contributed by atoms with E-state index in [0.717, 1.165) is 18.4 Å². The standard InChI is InChI=1S/C16H15F5O2S/c1-2-3-12-4-6-13(7-5-12)16(22)23-14-8-10-15(11-9-14)24(17,18,19,20)21/h4-11H,2-3H2,1H3. The summed E-state index contributed by atoms with van der Waals surface area (Å²) >= 11 is 0. The van der Waals surface area contributed by atoms with Gasteiger partial charge >= 0.3 is 16.2 Å². The highest BCUT2D eigenvalue weighted by molar-refractivity contribution is 8.45. The third-order valence-electron chi connectivity index (χ3n) is 3.21. The van der Waals surface area contributed by atoms with Crippen LogP contribution in [0.1, 0.15) is 29.3 Å². The molecule has 0 unspecified atom stereocenters. The zero-order valence-corrected chi connectivity index (χ0v) is 13.5. The number of rotatable bonds is 5. The first-order chi connectivity index (χ1) is 10.9. The van der Waals surface area contributed by atoms with Gasteiger partial charge in [-0.2, -0.15) is 0 Å². The molecule has 0 aliphatic heterocycles. The first-order valence-corrected chi connectivity index (χ1v) is 8.99. The minimum absolute atomic E-state index is 0.203. The number of aryl methyl sites for hydroxylation is 1. The lowest BCUT2D eigenvalue weighted by atomic mass is 10.1. The van der Waals surface area contributed by atoms with Gasteiger partial charge in [0.1, 0.15) is 10.6 Å². The zero-order chi connectivity index (χ0) is 18.1. The summed E-state index contributed by atoms with van der Waals surface area (Å²) in [5.41, 5.74) is 1.25. The van der Waals surface area contributed by atoms with Crippen molar-refractivity contribution in [3.05, 3.63) is 59.7 Å². The van der Waals surface area contributed by atoms with Crippen LogP contribution in [0, 0.1) is 0 Å². The molecule has 0 heterocycles. The normalized spacial score (nSPS) is 14.6. The molecule has 0 aromatic heterocycles. The number of benzene rings is 2. The predicted molar refractivity (Wildman–Crippen MR) is 83.2 cm³/mol. The molecule has 0 bridgehead atoms. The van der Waals surface area contributed by atoms with Crippen molar-refractivity contribution >= 4 is 16.2 Å². The molecule has 0 saturated heterocycles. The van der Waals surface area contributed by atoms with Gasteiger partial charge in [0, 0.05) is 0 Å². The van der Waals surface area contributed by atoms with Crippen LogP contribution in [-0.2, 0) is 6.42 Å². The Morgan fingerprint density at radius 1 is 0.917 bits per heavy atom. The summed E-state index contributed by atoms with van der Waals surface area (Å²) in [7, 11) is -9.72. The fourth-order valence-electron chi connectivity index (χ4n) is 2.03. The second-order valence-electron chi connectivity index (χ2n) is 5.28. The van der Waals surface area contributed by atoms with E-state index in [-0.39, 0.29) is 23.4 Å². The predicted octanol–water partition coefficient (Wildman–Crippen LogP) is 6.52. The van der Waals surface area contributed by atoms with Crippen molar-refractivity contribution in [1.29, 1.82) is 0 Å². The molecular formula is C16H15F5O2S. The third kappa shape index (κ3) is 4.70. The average Bonchev–Trinajstić information content (AvgIpc) is 2.46. The zero-order valence-electron chi connectivity index (χ0n) is 12.6. The van der Waals surface area contributed by atoms with Crippen molar-refractivity contribution in [2.45, 2.75) is 24.7 Å². The molecule has 132 valence electrons.